The zero-order valence-corrected chi connectivity index (χ0v) is 5.39. The summed E-state index contributed by atoms with van der Waals surface area (Å²) in [5, 5.41) is 0. The van der Waals surface area contributed by atoms with Gasteiger partial charge in [-0.3, -0.25) is 4.99 Å². The number of hydrogen-bond donors (Lipinski definition) is 1. The van der Waals surface area contributed by atoms with Crippen molar-refractivity contribution in [2.45, 2.75) is 20.3 Å². The fraction of sp³-hybridized carbons (Fsp3) is 0.500. The lowest BCUT2D eigenvalue weighted by molar-refractivity contribution is 1.26. The summed E-state index contributed by atoms with van der Waals surface area (Å²) >= 11 is 0. The molecule has 0 aromatic rings. The van der Waals surface area contributed by atoms with Crippen LogP contribution in [0.4, 0.5) is 0 Å². The van der Waals surface area contributed by atoms with Gasteiger partial charge in [0.25, 0.3) is 0 Å². The molecule has 0 atom stereocenters. The molecule has 0 spiro atoms. The van der Waals surface area contributed by atoms with E-state index in [-0.39, 0.29) is 0 Å². The second-order valence-electron chi connectivity index (χ2n) is 1.61. The van der Waals surface area contributed by atoms with Crippen molar-refractivity contribution in [3.63, 3.8) is 0 Å². The standard InChI is InChI=1S/C6H12N2/c1-3-4-8-5-6(2)7/h4-5H,3,7H2,1-2H3/b6-5+,8-4-. The van der Waals surface area contributed by atoms with E-state index in [4.69, 9.17) is 5.73 Å². The normalized spacial score (nSPS) is 13.0. The van der Waals surface area contributed by atoms with Crippen LogP contribution in [-0.4, -0.2) is 6.21 Å². The van der Waals surface area contributed by atoms with Crippen molar-refractivity contribution in [3.8, 4) is 0 Å². The summed E-state index contributed by atoms with van der Waals surface area (Å²) in [6, 6.07) is 0. The topological polar surface area (TPSA) is 38.4 Å². The first-order chi connectivity index (χ1) is 3.77. The highest BCUT2D eigenvalue weighted by Gasteiger charge is 1.68. The minimum atomic E-state index is 0.745. The molecular formula is C6H12N2. The lowest BCUT2D eigenvalue weighted by atomic mass is 10.5. The Labute approximate surface area is 50.1 Å². The van der Waals surface area contributed by atoms with Crippen LogP contribution in [0.3, 0.4) is 0 Å². The predicted octanol–water partition coefficient (Wildman–Crippen LogP) is 1.29. The van der Waals surface area contributed by atoms with Gasteiger partial charge in [0.1, 0.15) is 0 Å². The Hall–Kier alpha value is -0.790. The van der Waals surface area contributed by atoms with E-state index in [1.165, 1.54) is 0 Å². The van der Waals surface area contributed by atoms with Crippen LogP contribution in [0.1, 0.15) is 20.3 Å². The van der Waals surface area contributed by atoms with Crippen LogP contribution in [0.25, 0.3) is 0 Å². The van der Waals surface area contributed by atoms with E-state index in [9.17, 15) is 0 Å². The summed E-state index contributed by atoms with van der Waals surface area (Å²) in [7, 11) is 0. The molecule has 0 amide bonds. The summed E-state index contributed by atoms with van der Waals surface area (Å²) in [5.41, 5.74) is 6.03. The van der Waals surface area contributed by atoms with Crippen LogP contribution in [0, 0.1) is 0 Å². The van der Waals surface area contributed by atoms with Crippen LogP contribution in [0.5, 0.6) is 0 Å². The molecule has 0 aliphatic heterocycles. The maximum absolute atomic E-state index is 5.28. The zero-order valence-electron chi connectivity index (χ0n) is 5.39. The van der Waals surface area contributed by atoms with Gasteiger partial charge in [0.15, 0.2) is 0 Å². The highest BCUT2D eigenvalue weighted by Crippen LogP contribution is 1.79. The summed E-state index contributed by atoms with van der Waals surface area (Å²) in [6.07, 6.45) is 4.42. The molecule has 0 fully saturated rings. The minimum absolute atomic E-state index is 0.745. The third-order valence-electron chi connectivity index (χ3n) is 0.566. The van der Waals surface area contributed by atoms with E-state index in [0.29, 0.717) is 0 Å². The van der Waals surface area contributed by atoms with E-state index in [1.807, 2.05) is 20.1 Å². The predicted molar refractivity (Wildman–Crippen MR) is 36.7 cm³/mol. The van der Waals surface area contributed by atoms with Crippen molar-refractivity contribution in [1.29, 1.82) is 0 Å². The monoisotopic (exact) mass is 112 g/mol. The molecule has 0 rings (SSSR count). The van der Waals surface area contributed by atoms with E-state index in [1.54, 1.807) is 6.20 Å². The second kappa shape index (κ2) is 4.37. The maximum atomic E-state index is 5.28. The molecule has 0 bridgehead atoms. The fourth-order valence-corrected chi connectivity index (χ4v) is 0.276. The molecule has 8 heavy (non-hydrogen) atoms. The van der Waals surface area contributed by atoms with E-state index >= 15 is 0 Å². The summed E-state index contributed by atoms with van der Waals surface area (Å²) < 4.78 is 0. The summed E-state index contributed by atoms with van der Waals surface area (Å²) in [4.78, 5) is 3.88. The van der Waals surface area contributed by atoms with Crippen molar-refractivity contribution in [3.05, 3.63) is 11.9 Å². The van der Waals surface area contributed by atoms with Gasteiger partial charge < -0.3 is 5.73 Å². The molecule has 0 unspecified atom stereocenters. The molecule has 0 saturated carbocycles. The van der Waals surface area contributed by atoms with Crippen LogP contribution in [0.15, 0.2) is 16.9 Å². The molecule has 2 N–H and O–H groups in total. The highest BCUT2D eigenvalue weighted by molar-refractivity contribution is 5.57. The summed E-state index contributed by atoms with van der Waals surface area (Å²) in [6.45, 7) is 3.84. The van der Waals surface area contributed by atoms with E-state index in [0.717, 1.165) is 12.1 Å². The number of allylic oxidation sites excluding steroid dienone is 1. The largest absolute Gasteiger partial charge is 0.401 e. The molecule has 0 radical (unpaired) electrons. The van der Waals surface area contributed by atoms with Gasteiger partial charge in [0.2, 0.25) is 0 Å². The van der Waals surface area contributed by atoms with Crippen molar-refractivity contribution < 1.29 is 0 Å². The zero-order chi connectivity index (χ0) is 6.41. The number of hydrogen-bond acceptors (Lipinski definition) is 2. The summed E-state index contributed by atoms with van der Waals surface area (Å²) in [5.74, 6) is 0. The fourth-order valence-electron chi connectivity index (χ4n) is 0.276. The van der Waals surface area contributed by atoms with Gasteiger partial charge in [-0.15, -0.1) is 0 Å². The molecule has 2 heteroatoms. The second-order valence-corrected chi connectivity index (χ2v) is 1.61. The van der Waals surface area contributed by atoms with Crippen LogP contribution >= 0.6 is 0 Å². The Morgan fingerprint density at radius 2 is 2.38 bits per heavy atom. The lowest BCUT2D eigenvalue weighted by Gasteiger charge is -1.81. The Kier molecular flexibility index (Phi) is 3.94. The molecule has 0 aromatic carbocycles. The average Bonchev–Trinajstić information content (AvgIpc) is 1.66. The van der Waals surface area contributed by atoms with Crippen LogP contribution in [0.2, 0.25) is 0 Å². The first-order valence-electron chi connectivity index (χ1n) is 2.71. The lowest BCUT2D eigenvalue weighted by Crippen LogP contribution is -1.87. The van der Waals surface area contributed by atoms with Gasteiger partial charge in [-0.1, -0.05) is 6.92 Å². The van der Waals surface area contributed by atoms with Gasteiger partial charge in [-0.2, -0.15) is 0 Å². The first kappa shape index (κ1) is 7.21. The van der Waals surface area contributed by atoms with E-state index in [2.05, 4.69) is 4.99 Å². The van der Waals surface area contributed by atoms with Crippen molar-refractivity contribution in [2.24, 2.45) is 10.7 Å². The molecule has 0 saturated heterocycles. The number of aliphatic imine (C=N–C) groups is 1. The highest BCUT2D eigenvalue weighted by atomic mass is 14.7. The molecule has 0 aromatic heterocycles. The number of rotatable bonds is 2. The van der Waals surface area contributed by atoms with Crippen LogP contribution in [-0.2, 0) is 0 Å². The first-order valence-corrected chi connectivity index (χ1v) is 2.71. The van der Waals surface area contributed by atoms with E-state index < -0.39 is 0 Å². The maximum Gasteiger partial charge on any atom is 0.0448 e. The quantitative estimate of drug-likeness (QED) is 0.537. The smallest absolute Gasteiger partial charge is 0.0448 e. The average molecular weight is 112 g/mol. The Balaban J connectivity index is 3.42. The Morgan fingerprint density at radius 1 is 1.75 bits per heavy atom. The van der Waals surface area contributed by atoms with Gasteiger partial charge in [-0.05, 0) is 13.3 Å². The van der Waals surface area contributed by atoms with Gasteiger partial charge in [-0.25, -0.2) is 0 Å². The minimum Gasteiger partial charge on any atom is -0.401 e. The van der Waals surface area contributed by atoms with Crippen molar-refractivity contribution in [1.82, 2.24) is 0 Å². The van der Waals surface area contributed by atoms with Crippen LogP contribution < -0.4 is 5.73 Å². The number of nitrogens with two attached hydrogens (primary N) is 1. The van der Waals surface area contributed by atoms with Crippen molar-refractivity contribution in [2.75, 3.05) is 0 Å². The number of nitrogens with zero attached hydrogens (tertiary/aromatic N) is 1. The molecule has 0 aliphatic rings. The van der Waals surface area contributed by atoms with Gasteiger partial charge in [0, 0.05) is 18.1 Å². The molecule has 2 nitrogen and oxygen atoms in total. The van der Waals surface area contributed by atoms with Gasteiger partial charge in [0.05, 0.1) is 0 Å². The van der Waals surface area contributed by atoms with Gasteiger partial charge >= 0.3 is 0 Å². The van der Waals surface area contributed by atoms with Crippen molar-refractivity contribution >= 4 is 6.21 Å². The molecule has 0 heterocycles. The third-order valence-corrected chi connectivity index (χ3v) is 0.566. The third kappa shape index (κ3) is 5.21. The molecule has 46 valence electrons. The molecular weight excluding hydrogens is 100 g/mol. The Bertz CT molecular complexity index is 99.1. The SMILES string of the molecule is CC/C=N\C=C(/C)N. The Morgan fingerprint density at radius 3 is 2.75 bits per heavy atom. The molecule has 0 aliphatic carbocycles.